The molecular formula is C20H26N6O4. The van der Waals surface area contributed by atoms with Crippen LogP contribution < -0.4 is 15.0 Å². The van der Waals surface area contributed by atoms with Crippen LogP contribution in [0.5, 0.6) is 5.75 Å². The Morgan fingerprint density at radius 1 is 1.23 bits per heavy atom. The average Bonchev–Trinajstić information content (AvgIpc) is 2.72. The van der Waals surface area contributed by atoms with Gasteiger partial charge in [-0.25, -0.2) is 4.98 Å². The van der Waals surface area contributed by atoms with Crippen LogP contribution in [0.1, 0.15) is 33.6 Å². The van der Waals surface area contributed by atoms with E-state index in [0.29, 0.717) is 11.4 Å². The molecule has 0 unspecified atom stereocenters. The van der Waals surface area contributed by atoms with Gasteiger partial charge in [-0.05, 0) is 31.0 Å². The van der Waals surface area contributed by atoms with E-state index in [-0.39, 0.29) is 23.2 Å². The number of nitro groups is 1. The first-order chi connectivity index (χ1) is 14.4. The molecule has 10 nitrogen and oxygen atoms in total. The summed E-state index contributed by atoms with van der Waals surface area (Å²) in [5.74, 6) is -0.00516. The highest BCUT2D eigenvalue weighted by molar-refractivity contribution is 5.93. The maximum absolute atomic E-state index is 11.7. The molecule has 0 aliphatic heterocycles. The zero-order valence-electron chi connectivity index (χ0n) is 17.6. The van der Waals surface area contributed by atoms with E-state index >= 15 is 0 Å². The van der Waals surface area contributed by atoms with Gasteiger partial charge in [0.25, 0.3) is 5.69 Å². The molecule has 1 N–H and O–H groups in total. The van der Waals surface area contributed by atoms with Crippen LogP contribution in [0, 0.1) is 10.1 Å². The molecule has 0 atom stereocenters. The van der Waals surface area contributed by atoms with Crippen molar-refractivity contribution in [2.75, 3.05) is 30.4 Å². The number of hydrogen-bond acceptors (Lipinski definition) is 8. The molecule has 10 heteroatoms. The van der Waals surface area contributed by atoms with Crippen LogP contribution in [0.15, 0.2) is 40.7 Å². The molecule has 2 rings (SSSR count). The Kier molecular flexibility index (Phi) is 8.21. The number of nitrogens with zero attached hydrogens (tertiary/aromatic N) is 5. The number of rotatable bonds is 10. The summed E-state index contributed by atoms with van der Waals surface area (Å²) >= 11 is 0. The van der Waals surface area contributed by atoms with Crippen molar-refractivity contribution in [2.45, 2.75) is 33.6 Å². The van der Waals surface area contributed by atoms with Gasteiger partial charge in [0, 0.05) is 25.7 Å². The first kappa shape index (κ1) is 22.7. The summed E-state index contributed by atoms with van der Waals surface area (Å²) in [5.41, 5.74) is 1.72. The Morgan fingerprint density at radius 3 is 2.50 bits per heavy atom. The molecule has 30 heavy (non-hydrogen) atoms. The van der Waals surface area contributed by atoms with E-state index in [9.17, 15) is 14.9 Å². The minimum absolute atomic E-state index is 0.0968. The van der Waals surface area contributed by atoms with E-state index < -0.39 is 4.92 Å². The lowest BCUT2D eigenvalue weighted by Gasteiger charge is -2.24. The second kappa shape index (κ2) is 10.8. The molecule has 1 aromatic carbocycles. The van der Waals surface area contributed by atoms with Crippen molar-refractivity contribution in [3.8, 4) is 5.75 Å². The third-order valence-corrected chi connectivity index (χ3v) is 4.14. The lowest BCUT2D eigenvalue weighted by atomic mass is 10.2. The van der Waals surface area contributed by atoms with Gasteiger partial charge in [-0.2, -0.15) is 0 Å². The fourth-order valence-corrected chi connectivity index (χ4v) is 2.86. The monoisotopic (exact) mass is 414 g/mol. The minimum Gasteiger partial charge on any atom is -0.492 e. The first-order valence-electron chi connectivity index (χ1n) is 9.66. The van der Waals surface area contributed by atoms with Gasteiger partial charge in [0.2, 0.25) is 11.7 Å². The number of ether oxygens (including phenoxy) is 1. The number of carbonyl (C=O) groups is 1. The lowest BCUT2D eigenvalue weighted by Crippen LogP contribution is -2.24. The Labute approximate surface area is 175 Å². The second-order valence-electron chi connectivity index (χ2n) is 6.55. The molecule has 1 amide bonds. The number of aromatic nitrogens is 1. The minimum atomic E-state index is -0.567. The summed E-state index contributed by atoms with van der Waals surface area (Å²) in [5, 5.41) is 21.9. The van der Waals surface area contributed by atoms with Crippen LogP contribution in [0.2, 0.25) is 0 Å². The van der Waals surface area contributed by atoms with Crippen LogP contribution in [-0.2, 0) is 4.79 Å². The SMILES string of the molecule is CCCN(CCC)c1ccc(/N=N/c2ncc([N+](=O)[O-])cc2OC)c(NC(C)=O)c1. The second-order valence-corrected chi connectivity index (χ2v) is 6.55. The summed E-state index contributed by atoms with van der Waals surface area (Å²) in [6.07, 6.45) is 3.09. The van der Waals surface area contributed by atoms with Crippen LogP contribution >= 0.6 is 0 Å². The summed E-state index contributed by atoms with van der Waals surface area (Å²) in [7, 11) is 1.37. The predicted octanol–water partition coefficient (Wildman–Crippen LogP) is 5.00. The molecule has 0 spiro atoms. The molecule has 2 aromatic rings. The summed E-state index contributed by atoms with van der Waals surface area (Å²) in [6.45, 7) is 7.45. The smallest absolute Gasteiger partial charge is 0.291 e. The molecule has 0 saturated carbocycles. The molecule has 160 valence electrons. The summed E-state index contributed by atoms with van der Waals surface area (Å²) < 4.78 is 5.13. The molecule has 0 aliphatic carbocycles. The van der Waals surface area contributed by atoms with Crippen LogP contribution in [0.4, 0.5) is 28.6 Å². The zero-order valence-corrected chi connectivity index (χ0v) is 17.6. The molecule has 0 saturated heterocycles. The van der Waals surface area contributed by atoms with Gasteiger partial charge in [0.05, 0.1) is 23.8 Å². The molecule has 0 fully saturated rings. The van der Waals surface area contributed by atoms with Crippen molar-refractivity contribution in [1.82, 2.24) is 4.98 Å². The highest BCUT2D eigenvalue weighted by Gasteiger charge is 2.14. The van der Waals surface area contributed by atoms with E-state index in [4.69, 9.17) is 4.74 Å². The number of anilines is 2. The van der Waals surface area contributed by atoms with Gasteiger partial charge in [-0.15, -0.1) is 10.2 Å². The van der Waals surface area contributed by atoms with E-state index in [0.717, 1.165) is 37.8 Å². The van der Waals surface area contributed by atoms with Gasteiger partial charge in [0.1, 0.15) is 11.9 Å². The Hall–Kier alpha value is -3.56. The van der Waals surface area contributed by atoms with Crippen molar-refractivity contribution in [1.29, 1.82) is 0 Å². The third-order valence-electron chi connectivity index (χ3n) is 4.14. The van der Waals surface area contributed by atoms with Crippen molar-refractivity contribution in [3.63, 3.8) is 0 Å². The first-order valence-corrected chi connectivity index (χ1v) is 9.66. The van der Waals surface area contributed by atoms with E-state index in [1.165, 1.54) is 20.1 Å². The molecule has 0 radical (unpaired) electrons. The van der Waals surface area contributed by atoms with Crippen molar-refractivity contribution in [2.24, 2.45) is 10.2 Å². The predicted molar refractivity (Wildman–Crippen MR) is 115 cm³/mol. The molecule has 0 aliphatic rings. The quantitative estimate of drug-likeness (QED) is 0.332. The number of nitrogens with one attached hydrogen (secondary N) is 1. The Bertz CT molecular complexity index is 926. The molecule has 1 heterocycles. The van der Waals surface area contributed by atoms with Gasteiger partial charge in [0.15, 0.2) is 5.75 Å². The summed E-state index contributed by atoms with van der Waals surface area (Å²) in [6, 6.07) is 6.78. The fraction of sp³-hybridized carbons (Fsp3) is 0.400. The number of azo groups is 1. The standard InChI is InChI=1S/C20H26N6O4/c1-5-9-25(10-6-2)15-7-8-17(18(11-15)22-14(3)27)23-24-20-19(30-4)12-16(13-21-20)26(28)29/h7-8,11-13H,5-6,9-10H2,1-4H3,(H,22,27)/b24-23+. The Morgan fingerprint density at radius 2 is 1.93 bits per heavy atom. The Balaban J connectivity index is 2.40. The highest BCUT2D eigenvalue weighted by atomic mass is 16.6. The average molecular weight is 414 g/mol. The van der Waals surface area contributed by atoms with Gasteiger partial charge < -0.3 is 15.0 Å². The number of amides is 1. The molecule has 0 bridgehead atoms. The van der Waals surface area contributed by atoms with Gasteiger partial charge >= 0.3 is 0 Å². The molecule has 1 aromatic heterocycles. The van der Waals surface area contributed by atoms with E-state index in [2.05, 4.69) is 39.3 Å². The highest BCUT2D eigenvalue weighted by Crippen LogP contribution is 2.34. The van der Waals surface area contributed by atoms with E-state index in [1.54, 1.807) is 6.07 Å². The topological polar surface area (TPSA) is 122 Å². The van der Waals surface area contributed by atoms with Crippen LogP contribution in [0.25, 0.3) is 0 Å². The molecular weight excluding hydrogens is 388 g/mol. The number of pyridine rings is 1. The number of methoxy groups -OCH3 is 1. The fourth-order valence-electron chi connectivity index (χ4n) is 2.86. The number of benzene rings is 1. The largest absolute Gasteiger partial charge is 0.492 e. The van der Waals surface area contributed by atoms with Gasteiger partial charge in [-0.3, -0.25) is 14.9 Å². The van der Waals surface area contributed by atoms with Crippen molar-refractivity contribution in [3.05, 3.63) is 40.6 Å². The number of carbonyl (C=O) groups excluding carboxylic acids is 1. The normalized spacial score (nSPS) is 10.8. The maximum Gasteiger partial charge on any atom is 0.291 e. The lowest BCUT2D eigenvalue weighted by molar-refractivity contribution is -0.385. The van der Waals surface area contributed by atoms with Crippen LogP contribution in [-0.4, -0.2) is 36.0 Å². The van der Waals surface area contributed by atoms with Crippen LogP contribution in [0.3, 0.4) is 0 Å². The summed E-state index contributed by atoms with van der Waals surface area (Å²) in [4.78, 5) is 28.2. The zero-order chi connectivity index (χ0) is 22.1. The van der Waals surface area contributed by atoms with E-state index in [1.807, 2.05) is 12.1 Å². The number of hydrogen-bond donors (Lipinski definition) is 1. The van der Waals surface area contributed by atoms with Crippen molar-refractivity contribution >= 4 is 34.5 Å². The van der Waals surface area contributed by atoms with Crippen molar-refractivity contribution < 1.29 is 14.5 Å². The maximum atomic E-state index is 11.7. The van der Waals surface area contributed by atoms with Gasteiger partial charge in [-0.1, -0.05) is 13.8 Å². The third kappa shape index (κ3) is 5.97.